The molecule has 2 heterocycles. The Bertz CT molecular complexity index is 849. The zero-order chi connectivity index (χ0) is 17.6. The molecule has 6 nitrogen and oxygen atoms in total. The molecule has 0 fully saturated rings. The number of furan rings is 1. The van der Waals surface area contributed by atoms with Crippen LogP contribution in [0.5, 0.6) is 0 Å². The first-order valence-corrected chi connectivity index (χ1v) is 8.64. The van der Waals surface area contributed by atoms with Crippen molar-refractivity contribution in [2.75, 3.05) is 7.11 Å². The van der Waals surface area contributed by atoms with Crippen LogP contribution in [0.3, 0.4) is 0 Å². The first kappa shape index (κ1) is 17.2. The summed E-state index contributed by atoms with van der Waals surface area (Å²) in [5.41, 5.74) is 1.25. The molecule has 0 saturated carbocycles. The number of fused-ring (bicyclic) bond motifs is 1. The molecule has 0 unspecified atom stereocenters. The van der Waals surface area contributed by atoms with Gasteiger partial charge in [-0.05, 0) is 31.0 Å². The van der Waals surface area contributed by atoms with E-state index in [1.165, 1.54) is 19.4 Å². The predicted molar refractivity (Wildman–Crippen MR) is 92.4 cm³/mol. The van der Waals surface area contributed by atoms with Crippen LogP contribution in [0.2, 0.25) is 0 Å². The summed E-state index contributed by atoms with van der Waals surface area (Å²) in [5, 5.41) is 1.01. The van der Waals surface area contributed by atoms with E-state index in [-0.39, 0.29) is 30.3 Å². The van der Waals surface area contributed by atoms with Crippen LogP contribution in [0, 0.1) is 0 Å². The number of para-hydroxylation sites is 1. The lowest BCUT2D eigenvalue weighted by Gasteiger charge is -2.04. The number of carbonyl (C=O) groups excluding carboxylic acids is 2. The zero-order valence-electron chi connectivity index (χ0n) is 13.7. The number of esters is 2. The average Bonchev–Trinajstić information content (AvgIpc) is 3.25. The monoisotopic (exact) mass is 359 g/mol. The van der Waals surface area contributed by atoms with E-state index in [1.807, 2.05) is 24.3 Å². The maximum atomic E-state index is 11.9. The van der Waals surface area contributed by atoms with Crippen LogP contribution >= 0.6 is 11.3 Å². The molecule has 0 aliphatic rings. The third kappa shape index (κ3) is 4.24. The maximum Gasteiger partial charge on any atom is 0.341 e. The molecule has 0 bridgehead atoms. The van der Waals surface area contributed by atoms with Gasteiger partial charge in [-0.25, -0.2) is 9.78 Å². The van der Waals surface area contributed by atoms with Crippen LogP contribution in [-0.4, -0.2) is 24.0 Å². The molecular weight excluding hydrogens is 342 g/mol. The predicted octanol–water partition coefficient (Wildman–Crippen LogP) is 3.74. The highest BCUT2D eigenvalue weighted by atomic mass is 32.1. The van der Waals surface area contributed by atoms with E-state index in [4.69, 9.17) is 9.15 Å². The van der Waals surface area contributed by atoms with E-state index in [9.17, 15) is 9.59 Å². The molecule has 130 valence electrons. The lowest BCUT2D eigenvalue weighted by atomic mass is 10.2. The first-order valence-electron chi connectivity index (χ1n) is 7.82. The SMILES string of the molecule is COC(=O)c1ccoc1COC(=O)CCCc1nc2ccccc2s1. The highest BCUT2D eigenvalue weighted by molar-refractivity contribution is 7.18. The van der Waals surface area contributed by atoms with Crippen LogP contribution in [0.15, 0.2) is 41.0 Å². The molecule has 1 aromatic carbocycles. The summed E-state index contributed by atoms with van der Waals surface area (Å²) in [5.74, 6) is -0.574. The molecule has 0 saturated heterocycles. The van der Waals surface area contributed by atoms with Crippen molar-refractivity contribution >= 4 is 33.5 Å². The quantitative estimate of drug-likeness (QED) is 0.598. The number of thiazole rings is 1. The van der Waals surface area contributed by atoms with Crippen molar-refractivity contribution < 1.29 is 23.5 Å². The maximum absolute atomic E-state index is 11.9. The van der Waals surface area contributed by atoms with Gasteiger partial charge in [-0.15, -0.1) is 11.3 Å². The summed E-state index contributed by atoms with van der Waals surface area (Å²) in [6.07, 6.45) is 3.02. The number of nitrogens with zero attached hydrogens (tertiary/aromatic N) is 1. The average molecular weight is 359 g/mol. The summed E-state index contributed by atoms with van der Waals surface area (Å²) >= 11 is 1.64. The Morgan fingerprint density at radius 1 is 1.24 bits per heavy atom. The van der Waals surface area contributed by atoms with Gasteiger partial charge in [0.2, 0.25) is 0 Å². The number of carbonyl (C=O) groups is 2. The summed E-state index contributed by atoms with van der Waals surface area (Å²) in [7, 11) is 1.28. The summed E-state index contributed by atoms with van der Waals surface area (Å²) < 4.78 is 16.1. The highest BCUT2D eigenvalue weighted by Crippen LogP contribution is 2.22. The molecule has 0 N–H and O–H groups in total. The smallest absolute Gasteiger partial charge is 0.341 e. The number of hydrogen-bond acceptors (Lipinski definition) is 7. The van der Waals surface area contributed by atoms with Gasteiger partial charge < -0.3 is 13.9 Å². The summed E-state index contributed by atoms with van der Waals surface area (Å²) in [4.78, 5) is 27.9. The van der Waals surface area contributed by atoms with Crippen LogP contribution in [0.1, 0.15) is 34.0 Å². The van der Waals surface area contributed by atoms with E-state index in [0.29, 0.717) is 6.42 Å². The second-order valence-electron chi connectivity index (χ2n) is 5.34. The number of rotatable bonds is 7. The van der Waals surface area contributed by atoms with Gasteiger partial charge in [0.25, 0.3) is 0 Å². The van der Waals surface area contributed by atoms with E-state index in [1.54, 1.807) is 11.3 Å². The minimum Gasteiger partial charge on any atom is -0.465 e. The molecule has 0 atom stereocenters. The molecule has 0 spiro atoms. The Morgan fingerprint density at radius 3 is 2.88 bits per heavy atom. The fourth-order valence-electron chi connectivity index (χ4n) is 2.37. The number of hydrogen-bond donors (Lipinski definition) is 0. The molecule has 2 aromatic heterocycles. The normalized spacial score (nSPS) is 10.8. The second kappa shape index (κ2) is 7.94. The summed E-state index contributed by atoms with van der Waals surface area (Å²) in [6.45, 7) is -0.0859. The lowest BCUT2D eigenvalue weighted by molar-refractivity contribution is -0.145. The molecule has 0 radical (unpaired) electrons. The third-order valence-corrected chi connectivity index (χ3v) is 4.72. The van der Waals surface area contributed by atoms with Gasteiger partial charge in [0.05, 0.1) is 28.6 Å². The van der Waals surface area contributed by atoms with Crippen molar-refractivity contribution in [1.29, 1.82) is 0 Å². The van der Waals surface area contributed by atoms with E-state index in [2.05, 4.69) is 9.72 Å². The van der Waals surface area contributed by atoms with Crippen molar-refractivity contribution in [1.82, 2.24) is 4.98 Å². The molecule has 0 aliphatic carbocycles. The highest BCUT2D eigenvalue weighted by Gasteiger charge is 2.16. The minimum absolute atomic E-state index is 0.0859. The van der Waals surface area contributed by atoms with Gasteiger partial charge in [-0.1, -0.05) is 12.1 Å². The number of aromatic nitrogens is 1. The van der Waals surface area contributed by atoms with Gasteiger partial charge in [-0.3, -0.25) is 4.79 Å². The van der Waals surface area contributed by atoms with E-state index < -0.39 is 5.97 Å². The number of methoxy groups -OCH3 is 1. The minimum atomic E-state index is -0.518. The Kier molecular flexibility index (Phi) is 5.45. The Labute approximate surface area is 148 Å². The molecule has 0 aliphatic heterocycles. The van der Waals surface area contributed by atoms with Crippen molar-refractivity contribution in [2.45, 2.75) is 25.9 Å². The van der Waals surface area contributed by atoms with Crippen molar-refractivity contribution in [3.63, 3.8) is 0 Å². The van der Waals surface area contributed by atoms with E-state index in [0.717, 1.165) is 21.6 Å². The second-order valence-corrected chi connectivity index (χ2v) is 6.45. The van der Waals surface area contributed by atoms with E-state index >= 15 is 0 Å². The Morgan fingerprint density at radius 2 is 2.08 bits per heavy atom. The topological polar surface area (TPSA) is 78.6 Å². The van der Waals surface area contributed by atoms with Gasteiger partial charge in [-0.2, -0.15) is 0 Å². The van der Waals surface area contributed by atoms with Crippen molar-refractivity contribution in [2.24, 2.45) is 0 Å². The van der Waals surface area contributed by atoms with Crippen LogP contribution in [0.25, 0.3) is 10.2 Å². The molecule has 7 heteroatoms. The van der Waals surface area contributed by atoms with Crippen LogP contribution < -0.4 is 0 Å². The summed E-state index contributed by atoms with van der Waals surface area (Å²) in [6, 6.07) is 9.44. The third-order valence-electron chi connectivity index (χ3n) is 3.62. The largest absolute Gasteiger partial charge is 0.465 e. The van der Waals surface area contributed by atoms with Crippen LogP contribution in [0.4, 0.5) is 0 Å². The fourth-order valence-corrected chi connectivity index (χ4v) is 3.38. The Hall–Kier alpha value is -2.67. The zero-order valence-corrected chi connectivity index (χ0v) is 14.5. The number of aryl methyl sites for hydroxylation is 1. The number of benzene rings is 1. The molecule has 3 aromatic rings. The van der Waals surface area contributed by atoms with Crippen LogP contribution in [-0.2, 0) is 27.3 Å². The fraction of sp³-hybridized carbons (Fsp3) is 0.278. The van der Waals surface area contributed by atoms with Crippen molar-refractivity contribution in [3.05, 3.63) is 52.9 Å². The molecule has 3 rings (SSSR count). The first-order chi connectivity index (χ1) is 12.2. The van der Waals surface area contributed by atoms with Gasteiger partial charge >= 0.3 is 11.9 Å². The standard InChI is InChI=1S/C18H17NO5S/c1-22-18(21)12-9-10-23-14(12)11-24-17(20)8-4-7-16-19-13-5-2-3-6-15(13)25-16/h2-3,5-6,9-10H,4,7-8,11H2,1H3. The molecular formula is C18H17NO5S. The lowest BCUT2D eigenvalue weighted by Crippen LogP contribution is -2.08. The van der Waals surface area contributed by atoms with Gasteiger partial charge in [0.15, 0.2) is 5.76 Å². The molecule has 0 amide bonds. The van der Waals surface area contributed by atoms with Gasteiger partial charge in [0, 0.05) is 6.42 Å². The van der Waals surface area contributed by atoms with Gasteiger partial charge in [0.1, 0.15) is 12.2 Å². The number of ether oxygens (including phenoxy) is 2. The molecule has 25 heavy (non-hydrogen) atoms. The van der Waals surface area contributed by atoms with Crippen molar-refractivity contribution in [3.8, 4) is 0 Å². The Balaban J connectivity index is 1.45.